The van der Waals surface area contributed by atoms with E-state index in [9.17, 15) is 4.79 Å². The van der Waals surface area contributed by atoms with Crippen LogP contribution in [0, 0.1) is 5.92 Å². The number of Topliss-reactive ketones (excluding diaryl/α,β-unsaturated/α-hetero) is 1. The van der Waals surface area contributed by atoms with E-state index < -0.39 is 0 Å². The fourth-order valence-electron chi connectivity index (χ4n) is 2.06. The van der Waals surface area contributed by atoms with Crippen molar-refractivity contribution in [1.29, 1.82) is 0 Å². The highest BCUT2D eigenvalue weighted by Crippen LogP contribution is 2.30. The van der Waals surface area contributed by atoms with E-state index >= 15 is 0 Å². The van der Waals surface area contributed by atoms with Crippen molar-refractivity contribution in [3.63, 3.8) is 0 Å². The van der Waals surface area contributed by atoms with Gasteiger partial charge in [0.1, 0.15) is 0 Å². The highest BCUT2D eigenvalue weighted by atomic mass is 32.2. The number of ketones is 1. The average molecular weight is 232 g/mol. The zero-order valence-corrected chi connectivity index (χ0v) is 10.7. The molecule has 1 aromatic carbocycles. The molecule has 0 saturated carbocycles. The Hall–Kier alpha value is -1.02. The van der Waals surface area contributed by atoms with Gasteiger partial charge in [-0.05, 0) is 35.9 Å². The number of fused-ring (bicyclic) bond motifs is 1. The Morgan fingerprint density at radius 3 is 2.75 bits per heavy atom. The molecule has 0 heterocycles. The maximum Gasteiger partial charge on any atom is 0.189 e. The van der Waals surface area contributed by atoms with Gasteiger partial charge in [-0.25, -0.2) is 0 Å². The second-order valence-electron chi connectivity index (χ2n) is 4.46. The summed E-state index contributed by atoms with van der Waals surface area (Å²) in [4.78, 5) is 13.3. The summed E-state index contributed by atoms with van der Waals surface area (Å²) in [6, 6.07) is 6.13. The zero-order valence-electron chi connectivity index (χ0n) is 9.91. The van der Waals surface area contributed by atoms with Crippen LogP contribution >= 0.6 is 11.8 Å². The lowest BCUT2D eigenvalue weighted by atomic mass is 10.1. The van der Waals surface area contributed by atoms with Crippen LogP contribution in [-0.2, 0) is 6.42 Å². The summed E-state index contributed by atoms with van der Waals surface area (Å²) < 4.78 is 0. The first-order valence-electron chi connectivity index (χ1n) is 5.54. The van der Waals surface area contributed by atoms with Crippen LogP contribution in [0.1, 0.15) is 29.8 Å². The number of rotatable bonds is 2. The quantitative estimate of drug-likeness (QED) is 0.571. The van der Waals surface area contributed by atoms with Crippen molar-refractivity contribution in [3.05, 3.63) is 41.0 Å². The topological polar surface area (TPSA) is 17.1 Å². The summed E-state index contributed by atoms with van der Waals surface area (Å²) in [7, 11) is 0. The van der Waals surface area contributed by atoms with E-state index in [0.29, 0.717) is 5.92 Å². The van der Waals surface area contributed by atoms with Crippen LogP contribution in [0.3, 0.4) is 0 Å². The van der Waals surface area contributed by atoms with Crippen LogP contribution in [0.2, 0.25) is 0 Å². The van der Waals surface area contributed by atoms with Gasteiger partial charge in [0.25, 0.3) is 0 Å². The lowest BCUT2D eigenvalue weighted by Gasteiger charge is -1.99. The van der Waals surface area contributed by atoms with Gasteiger partial charge in [0.05, 0.1) is 0 Å². The minimum Gasteiger partial charge on any atom is -0.289 e. The van der Waals surface area contributed by atoms with Gasteiger partial charge >= 0.3 is 0 Å². The second-order valence-corrected chi connectivity index (χ2v) is 5.34. The molecule has 0 spiro atoms. The van der Waals surface area contributed by atoms with E-state index in [1.807, 2.05) is 12.1 Å². The number of carbonyl (C=O) groups is 1. The van der Waals surface area contributed by atoms with Crippen molar-refractivity contribution in [3.8, 4) is 0 Å². The van der Waals surface area contributed by atoms with Crippen LogP contribution in [0.5, 0.6) is 0 Å². The molecule has 0 atom stereocenters. The number of hydrogen-bond donors (Lipinski definition) is 0. The van der Waals surface area contributed by atoms with Gasteiger partial charge in [-0.3, -0.25) is 4.79 Å². The molecule has 16 heavy (non-hydrogen) atoms. The summed E-state index contributed by atoms with van der Waals surface area (Å²) >= 11 is 1.72. The number of hydrogen-bond acceptors (Lipinski definition) is 2. The van der Waals surface area contributed by atoms with Crippen molar-refractivity contribution >= 4 is 17.5 Å². The lowest BCUT2D eigenvalue weighted by molar-refractivity contribution is 0.103. The van der Waals surface area contributed by atoms with Crippen molar-refractivity contribution in [2.24, 2.45) is 5.92 Å². The Morgan fingerprint density at radius 2 is 2.12 bits per heavy atom. The Balaban J connectivity index is 2.38. The maximum atomic E-state index is 12.1. The number of thioether (sulfide) groups is 1. The molecule has 0 N–H and O–H groups in total. The Morgan fingerprint density at radius 1 is 1.38 bits per heavy atom. The third-order valence-corrected chi connectivity index (χ3v) is 3.49. The lowest BCUT2D eigenvalue weighted by Crippen LogP contribution is -1.97. The Bertz CT molecular complexity index is 458. The molecule has 0 aromatic heterocycles. The molecule has 0 aliphatic heterocycles. The molecule has 0 fully saturated rings. The minimum absolute atomic E-state index is 0.219. The summed E-state index contributed by atoms with van der Waals surface area (Å²) in [6.07, 6.45) is 4.95. The summed E-state index contributed by atoms with van der Waals surface area (Å²) in [5.41, 5.74) is 3.04. The van der Waals surface area contributed by atoms with Crippen molar-refractivity contribution in [2.75, 3.05) is 6.26 Å². The fourth-order valence-corrected chi connectivity index (χ4v) is 2.52. The normalized spacial score (nSPS) is 17.2. The molecule has 1 aliphatic carbocycles. The first kappa shape index (κ1) is 11.5. The zero-order chi connectivity index (χ0) is 11.7. The molecule has 0 amide bonds. The summed E-state index contributed by atoms with van der Waals surface area (Å²) in [5.74, 6) is 0.657. The predicted molar refractivity (Wildman–Crippen MR) is 69.2 cm³/mol. The van der Waals surface area contributed by atoms with E-state index in [-0.39, 0.29) is 5.78 Å². The van der Waals surface area contributed by atoms with Crippen molar-refractivity contribution in [2.45, 2.75) is 25.2 Å². The predicted octanol–water partition coefficient (Wildman–Crippen LogP) is 3.73. The monoisotopic (exact) mass is 232 g/mol. The second kappa shape index (κ2) is 4.46. The highest BCUT2D eigenvalue weighted by Gasteiger charge is 2.24. The van der Waals surface area contributed by atoms with Gasteiger partial charge in [-0.2, -0.15) is 0 Å². The first-order valence-corrected chi connectivity index (χ1v) is 6.76. The fraction of sp³-hybridized carbons (Fsp3) is 0.357. The van der Waals surface area contributed by atoms with Gasteiger partial charge in [0.15, 0.2) is 5.78 Å². The van der Waals surface area contributed by atoms with Gasteiger partial charge in [0, 0.05) is 22.5 Å². The highest BCUT2D eigenvalue weighted by molar-refractivity contribution is 7.98. The molecular formula is C14H16OS. The summed E-state index contributed by atoms with van der Waals surface area (Å²) in [6.45, 7) is 4.22. The molecule has 0 unspecified atom stereocenters. The average Bonchev–Trinajstić information content (AvgIpc) is 2.54. The first-order chi connectivity index (χ1) is 7.61. The molecule has 84 valence electrons. The van der Waals surface area contributed by atoms with E-state index in [4.69, 9.17) is 0 Å². The molecular weight excluding hydrogens is 216 g/mol. The van der Waals surface area contributed by atoms with Gasteiger partial charge in [-0.15, -0.1) is 11.8 Å². The molecule has 0 saturated heterocycles. The van der Waals surface area contributed by atoms with E-state index in [1.54, 1.807) is 11.8 Å². The largest absolute Gasteiger partial charge is 0.289 e. The van der Waals surface area contributed by atoms with Crippen LogP contribution < -0.4 is 0 Å². The van der Waals surface area contributed by atoms with E-state index in [2.05, 4.69) is 32.2 Å². The molecule has 1 aromatic rings. The number of allylic oxidation sites excluding steroid dienone is 2. The molecule has 1 aliphatic rings. The number of benzene rings is 1. The maximum absolute atomic E-state index is 12.1. The van der Waals surface area contributed by atoms with Crippen molar-refractivity contribution in [1.82, 2.24) is 0 Å². The smallest absolute Gasteiger partial charge is 0.189 e. The van der Waals surface area contributed by atoms with Crippen LogP contribution in [0.15, 0.2) is 34.7 Å². The van der Waals surface area contributed by atoms with Gasteiger partial charge in [0.2, 0.25) is 0 Å². The van der Waals surface area contributed by atoms with Crippen molar-refractivity contribution < 1.29 is 4.79 Å². The van der Waals surface area contributed by atoms with E-state index in [1.165, 1.54) is 10.5 Å². The van der Waals surface area contributed by atoms with Gasteiger partial charge < -0.3 is 0 Å². The third kappa shape index (κ3) is 2.07. The molecule has 0 bridgehead atoms. The summed E-state index contributed by atoms with van der Waals surface area (Å²) in [5, 5.41) is 0. The van der Waals surface area contributed by atoms with Crippen LogP contribution in [-0.4, -0.2) is 12.0 Å². The molecule has 0 radical (unpaired) electrons. The Labute approximate surface area is 101 Å². The van der Waals surface area contributed by atoms with E-state index in [0.717, 1.165) is 17.6 Å². The molecule has 2 rings (SSSR count). The van der Waals surface area contributed by atoms with Crippen LogP contribution in [0.4, 0.5) is 0 Å². The minimum atomic E-state index is 0.219. The van der Waals surface area contributed by atoms with Crippen LogP contribution in [0.25, 0.3) is 0 Å². The standard InChI is InChI=1S/C14H16OS/c1-9(2)6-11-7-10-8-12(16-3)4-5-13(10)14(11)15/h4-6,8-9H,7H2,1-3H3/b11-6+. The van der Waals surface area contributed by atoms with Gasteiger partial charge in [-0.1, -0.05) is 19.9 Å². The Kier molecular flexibility index (Phi) is 3.20. The molecule has 2 heteroatoms. The third-order valence-electron chi connectivity index (χ3n) is 2.76. The number of carbonyl (C=O) groups excluding carboxylic acids is 1. The molecule has 1 nitrogen and oxygen atoms in total. The SMILES string of the molecule is CSc1ccc2c(c1)C/C(=C\C(C)C)C2=O.